The maximum Gasteiger partial charge on any atom is 0.224 e. The van der Waals surface area contributed by atoms with Gasteiger partial charge in [0.1, 0.15) is 0 Å². The summed E-state index contributed by atoms with van der Waals surface area (Å²) < 4.78 is 0. The summed E-state index contributed by atoms with van der Waals surface area (Å²) in [7, 11) is 0. The van der Waals surface area contributed by atoms with Crippen LogP contribution in [0.2, 0.25) is 0 Å². The first-order chi connectivity index (χ1) is 7.00. The molecular weight excluding hydrogens is 194 g/mol. The predicted molar refractivity (Wildman–Crippen MR) is 56.9 cm³/mol. The summed E-state index contributed by atoms with van der Waals surface area (Å²) in [6.07, 6.45) is 0.195. The van der Waals surface area contributed by atoms with Crippen molar-refractivity contribution in [3.05, 3.63) is 0 Å². The Hall–Kier alpha value is -1.10. The second kappa shape index (κ2) is 5.11. The zero-order valence-corrected chi connectivity index (χ0v) is 9.25. The van der Waals surface area contributed by atoms with E-state index in [0.717, 1.165) is 13.1 Å². The van der Waals surface area contributed by atoms with E-state index < -0.39 is 0 Å². The van der Waals surface area contributed by atoms with Gasteiger partial charge in [0.15, 0.2) is 0 Å². The van der Waals surface area contributed by atoms with E-state index in [0.29, 0.717) is 5.92 Å². The number of carbonyl (C=O) groups excluding carboxylic acids is 2. The number of primary amides is 1. The lowest BCUT2D eigenvalue weighted by molar-refractivity contribution is -0.126. The topological polar surface area (TPSA) is 84.2 Å². The van der Waals surface area contributed by atoms with E-state index >= 15 is 0 Å². The number of nitrogens with two attached hydrogens (primary N) is 1. The quantitative estimate of drug-likeness (QED) is 0.573. The molecule has 4 N–H and O–H groups in total. The summed E-state index contributed by atoms with van der Waals surface area (Å²) in [5, 5.41) is 5.97. The van der Waals surface area contributed by atoms with Gasteiger partial charge in [-0.2, -0.15) is 0 Å². The molecule has 0 aromatic heterocycles. The molecule has 86 valence electrons. The Morgan fingerprint density at radius 3 is 2.67 bits per heavy atom. The minimum absolute atomic E-state index is 0.0142. The Labute approximate surface area is 89.8 Å². The summed E-state index contributed by atoms with van der Waals surface area (Å²) >= 11 is 0. The minimum Gasteiger partial charge on any atom is -0.370 e. The standard InChI is InChI=1S/C10H19N3O2/c1-6-4-12-5-8(6)10(15)13-7(2)3-9(11)14/h6-8,12H,3-5H2,1-2H3,(H2,11,14)(H,13,15)/t6-,7?,8-/m1/s1. The molecular formula is C10H19N3O2. The minimum atomic E-state index is -0.389. The highest BCUT2D eigenvalue weighted by Gasteiger charge is 2.30. The van der Waals surface area contributed by atoms with Crippen LogP contribution < -0.4 is 16.4 Å². The molecule has 1 aliphatic rings. The Morgan fingerprint density at radius 1 is 1.53 bits per heavy atom. The Balaban J connectivity index is 2.37. The van der Waals surface area contributed by atoms with Gasteiger partial charge in [-0.15, -0.1) is 0 Å². The van der Waals surface area contributed by atoms with Gasteiger partial charge in [-0.3, -0.25) is 9.59 Å². The summed E-state index contributed by atoms with van der Waals surface area (Å²) in [6, 6.07) is -0.178. The monoisotopic (exact) mass is 213 g/mol. The fourth-order valence-corrected chi connectivity index (χ4v) is 1.86. The van der Waals surface area contributed by atoms with E-state index in [1.54, 1.807) is 6.92 Å². The smallest absolute Gasteiger partial charge is 0.224 e. The van der Waals surface area contributed by atoms with E-state index in [-0.39, 0.29) is 30.2 Å². The van der Waals surface area contributed by atoms with Crippen molar-refractivity contribution >= 4 is 11.8 Å². The van der Waals surface area contributed by atoms with Crippen molar-refractivity contribution < 1.29 is 9.59 Å². The third-order valence-electron chi connectivity index (χ3n) is 2.75. The lowest BCUT2D eigenvalue weighted by Crippen LogP contribution is -2.41. The molecule has 1 rings (SSSR count). The van der Waals surface area contributed by atoms with Crippen molar-refractivity contribution in [3.8, 4) is 0 Å². The molecule has 0 aromatic rings. The van der Waals surface area contributed by atoms with Crippen molar-refractivity contribution in [1.29, 1.82) is 0 Å². The molecule has 0 bridgehead atoms. The van der Waals surface area contributed by atoms with Crippen molar-refractivity contribution in [2.75, 3.05) is 13.1 Å². The van der Waals surface area contributed by atoms with Crippen LogP contribution >= 0.6 is 0 Å². The van der Waals surface area contributed by atoms with Crippen LogP contribution in [0.1, 0.15) is 20.3 Å². The van der Waals surface area contributed by atoms with Gasteiger partial charge in [0.25, 0.3) is 0 Å². The number of carbonyl (C=O) groups is 2. The van der Waals surface area contributed by atoms with Gasteiger partial charge in [0.2, 0.25) is 11.8 Å². The summed E-state index contributed by atoms with van der Waals surface area (Å²) in [6.45, 7) is 5.43. The summed E-state index contributed by atoms with van der Waals surface area (Å²) in [5.41, 5.74) is 5.05. The van der Waals surface area contributed by atoms with E-state index in [2.05, 4.69) is 10.6 Å². The molecule has 0 radical (unpaired) electrons. The molecule has 0 saturated carbocycles. The third kappa shape index (κ3) is 3.51. The van der Waals surface area contributed by atoms with Gasteiger partial charge in [-0.1, -0.05) is 6.92 Å². The van der Waals surface area contributed by atoms with E-state index in [9.17, 15) is 9.59 Å². The van der Waals surface area contributed by atoms with Crippen LogP contribution in [0.25, 0.3) is 0 Å². The lowest BCUT2D eigenvalue weighted by atomic mass is 9.97. The zero-order chi connectivity index (χ0) is 11.4. The first-order valence-corrected chi connectivity index (χ1v) is 5.30. The maximum absolute atomic E-state index is 11.7. The van der Waals surface area contributed by atoms with E-state index in [1.165, 1.54) is 0 Å². The highest BCUT2D eigenvalue weighted by Crippen LogP contribution is 2.15. The molecule has 2 amide bonds. The second-order valence-corrected chi connectivity index (χ2v) is 4.32. The molecule has 5 nitrogen and oxygen atoms in total. The number of nitrogens with one attached hydrogen (secondary N) is 2. The van der Waals surface area contributed by atoms with Gasteiger partial charge < -0.3 is 16.4 Å². The Morgan fingerprint density at radius 2 is 2.20 bits per heavy atom. The Kier molecular flexibility index (Phi) is 4.08. The predicted octanol–water partition coefficient (Wildman–Crippen LogP) is -0.778. The van der Waals surface area contributed by atoms with Crippen molar-refractivity contribution in [2.45, 2.75) is 26.3 Å². The molecule has 0 spiro atoms. The largest absolute Gasteiger partial charge is 0.370 e. The van der Waals surface area contributed by atoms with Crippen molar-refractivity contribution in [1.82, 2.24) is 10.6 Å². The Bertz CT molecular complexity index is 255. The van der Waals surface area contributed by atoms with Gasteiger partial charge in [-0.05, 0) is 19.4 Å². The van der Waals surface area contributed by atoms with Crippen molar-refractivity contribution in [3.63, 3.8) is 0 Å². The molecule has 0 aromatic carbocycles. The van der Waals surface area contributed by atoms with Crippen LogP contribution in [0.5, 0.6) is 0 Å². The molecule has 0 aliphatic carbocycles. The normalized spacial score (nSPS) is 27.3. The lowest BCUT2D eigenvalue weighted by Gasteiger charge is -2.17. The maximum atomic E-state index is 11.7. The molecule has 5 heteroatoms. The van der Waals surface area contributed by atoms with E-state index in [1.807, 2.05) is 6.92 Å². The molecule has 1 heterocycles. The number of amides is 2. The van der Waals surface area contributed by atoms with E-state index in [4.69, 9.17) is 5.73 Å². The average molecular weight is 213 g/mol. The summed E-state index contributed by atoms with van der Waals surface area (Å²) in [4.78, 5) is 22.4. The van der Waals surface area contributed by atoms with Crippen LogP contribution in [-0.4, -0.2) is 30.9 Å². The molecule has 1 unspecified atom stereocenters. The van der Waals surface area contributed by atoms with Crippen LogP contribution in [0, 0.1) is 11.8 Å². The average Bonchev–Trinajstić information content (AvgIpc) is 2.49. The fourth-order valence-electron chi connectivity index (χ4n) is 1.86. The fraction of sp³-hybridized carbons (Fsp3) is 0.800. The first kappa shape index (κ1) is 12.0. The third-order valence-corrected chi connectivity index (χ3v) is 2.75. The molecule has 1 saturated heterocycles. The SMILES string of the molecule is CC(CC(N)=O)NC(=O)[C@@H]1CNC[C@H]1C. The molecule has 3 atom stereocenters. The molecule has 1 aliphatic heterocycles. The van der Waals surface area contributed by atoms with Crippen LogP contribution in [0.15, 0.2) is 0 Å². The highest BCUT2D eigenvalue weighted by atomic mass is 16.2. The van der Waals surface area contributed by atoms with Gasteiger partial charge in [0.05, 0.1) is 5.92 Å². The van der Waals surface area contributed by atoms with Crippen LogP contribution in [0.4, 0.5) is 0 Å². The van der Waals surface area contributed by atoms with Crippen LogP contribution in [0.3, 0.4) is 0 Å². The summed E-state index contributed by atoms with van der Waals surface area (Å²) in [5.74, 6) is -0.00671. The molecule has 1 fully saturated rings. The zero-order valence-electron chi connectivity index (χ0n) is 9.25. The van der Waals surface area contributed by atoms with Gasteiger partial charge in [-0.25, -0.2) is 0 Å². The van der Waals surface area contributed by atoms with Gasteiger partial charge in [0, 0.05) is 19.0 Å². The number of hydrogen-bond donors (Lipinski definition) is 3. The van der Waals surface area contributed by atoms with Crippen LogP contribution in [-0.2, 0) is 9.59 Å². The van der Waals surface area contributed by atoms with Crippen molar-refractivity contribution in [2.24, 2.45) is 17.6 Å². The second-order valence-electron chi connectivity index (χ2n) is 4.32. The van der Waals surface area contributed by atoms with Gasteiger partial charge >= 0.3 is 0 Å². The highest BCUT2D eigenvalue weighted by molar-refractivity contribution is 5.81. The molecule has 15 heavy (non-hydrogen) atoms. The number of rotatable bonds is 4. The number of hydrogen-bond acceptors (Lipinski definition) is 3. The first-order valence-electron chi connectivity index (χ1n) is 5.30.